The van der Waals surface area contributed by atoms with E-state index in [4.69, 9.17) is 4.74 Å². The van der Waals surface area contributed by atoms with Gasteiger partial charge in [-0.15, -0.1) is 0 Å². The average molecular weight is 355 g/mol. The largest absolute Gasteiger partial charge is 0.491 e. The molecule has 2 amide bonds. The predicted octanol–water partition coefficient (Wildman–Crippen LogP) is 3.26. The van der Waals surface area contributed by atoms with Crippen molar-refractivity contribution in [2.45, 2.75) is 39.2 Å². The first-order valence-electron chi connectivity index (χ1n) is 8.93. The second-order valence-electron chi connectivity index (χ2n) is 6.55. The van der Waals surface area contributed by atoms with Crippen molar-refractivity contribution in [3.8, 4) is 5.75 Å². The van der Waals surface area contributed by atoms with Gasteiger partial charge in [0.15, 0.2) is 5.82 Å². The molecule has 3 N–H and O–H groups in total. The van der Waals surface area contributed by atoms with Gasteiger partial charge in [0.25, 0.3) is 0 Å². The molecule has 1 aromatic carbocycles. The Bertz CT molecular complexity index is 742. The lowest BCUT2D eigenvalue weighted by Crippen LogP contribution is -2.24. The summed E-state index contributed by atoms with van der Waals surface area (Å²) in [5, 5.41) is 8.97. The molecule has 3 rings (SSSR count). The van der Waals surface area contributed by atoms with Crippen LogP contribution in [-0.2, 0) is 0 Å². The van der Waals surface area contributed by atoms with E-state index in [1.165, 1.54) is 19.0 Å². The van der Waals surface area contributed by atoms with E-state index in [0.29, 0.717) is 29.9 Å². The fourth-order valence-corrected chi connectivity index (χ4v) is 2.91. The zero-order valence-electron chi connectivity index (χ0n) is 15.2. The first kappa shape index (κ1) is 18.1. The summed E-state index contributed by atoms with van der Waals surface area (Å²) < 4.78 is 5.91. The van der Waals surface area contributed by atoms with Crippen molar-refractivity contribution < 1.29 is 9.53 Å². The van der Waals surface area contributed by atoms with Crippen LogP contribution in [0.4, 0.5) is 16.3 Å². The molecule has 26 heavy (non-hydrogen) atoms. The molecule has 1 aromatic heterocycles. The number of hydrogen-bond acceptors (Lipinski definition) is 5. The van der Waals surface area contributed by atoms with Gasteiger partial charge in [-0.1, -0.05) is 6.07 Å². The molecule has 1 atom stereocenters. The van der Waals surface area contributed by atoms with Crippen molar-refractivity contribution >= 4 is 17.5 Å². The fourth-order valence-electron chi connectivity index (χ4n) is 2.91. The van der Waals surface area contributed by atoms with E-state index in [2.05, 4.69) is 25.9 Å². The van der Waals surface area contributed by atoms with E-state index in [9.17, 15) is 4.79 Å². The minimum Gasteiger partial charge on any atom is -0.491 e. The van der Waals surface area contributed by atoms with Crippen LogP contribution in [0, 0.1) is 13.8 Å². The minimum atomic E-state index is -0.379. The molecule has 2 aromatic rings. The van der Waals surface area contributed by atoms with Crippen LogP contribution in [0.3, 0.4) is 0 Å². The number of nitrogens with one attached hydrogen (secondary N) is 3. The Morgan fingerprint density at radius 1 is 1.27 bits per heavy atom. The lowest BCUT2D eigenvalue weighted by molar-refractivity contribution is 0.261. The van der Waals surface area contributed by atoms with Gasteiger partial charge in [0.1, 0.15) is 5.75 Å². The summed E-state index contributed by atoms with van der Waals surface area (Å²) in [4.78, 5) is 20.5. The van der Waals surface area contributed by atoms with Gasteiger partial charge in [-0.2, -0.15) is 0 Å². The molecule has 138 valence electrons. The third kappa shape index (κ3) is 5.16. The monoisotopic (exact) mass is 355 g/mol. The molecule has 7 nitrogen and oxygen atoms in total. The van der Waals surface area contributed by atoms with Crippen LogP contribution in [0.25, 0.3) is 0 Å². The molecular formula is C19H25N5O2. The summed E-state index contributed by atoms with van der Waals surface area (Å²) >= 11 is 0. The molecule has 0 bridgehead atoms. The number of nitrogens with zero attached hydrogens (tertiary/aromatic N) is 2. The number of anilines is 2. The third-order valence-corrected chi connectivity index (χ3v) is 4.29. The van der Waals surface area contributed by atoms with Crippen LogP contribution in [0.15, 0.2) is 30.6 Å². The van der Waals surface area contributed by atoms with Gasteiger partial charge >= 0.3 is 6.03 Å². The van der Waals surface area contributed by atoms with Crippen LogP contribution in [0.1, 0.15) is 30.5 Å². The number of rotatable bonds is 6. The van der Waals surface area contributed by atoms with Gasteiger partial charge in [-0.05, 0) is 57.4 Å². The smallest absolute Gasteiger partial charge is 0.324 e. The Labute approximate surface area is 153 Å². The van der Waals surface area contributed by atoms with E-state index >= 15 is 0 Å². The molecule has 1 aliphatic heterocycles. The fraction of sp³-hybridized carbons (Fsp3) is 0.421. The van der Waals surface area contributed by atoms with Gasteiger partial charge in [0, 0.05) is 6.04 Å². The van der Waals surface area contributed by atoms with Crippen LogP contribution in [0.2, 0.25) is 0 Å². The molecular weight excluding hydrogens is 330 g/mol. The zero-order chi connectivity index (χ0) is 18.4. The quantitative estimate of drug-likeness (QED) is 0.740. The summed E-state index contributed by atoms with van der Waals surface area (Å²) in [7, 11) is 0. The van der Waals surface area contributed by atoms with E-state index in [1.54, 1.807) is 6.20 Å². The van der Waals surface area contributed by atoms with E-state index < -0.39 is 0 Å². The molecule has 2 heterocycles. The number of hydrogen-bond donors (Lipinski definition) is 3. The summed E-state index contributed by atoms with van der Waals surface area (Å²) in [6, 6.07) is 5.90. The van der Waals surface area contributed by atoms with Gasteiger partial charge in [-0.25, -0.2) is 9.78 Å². The van der Waals surface area contributed by atoms with Crippen LogP contribution >= 0.6 is 0 Å². The molecule has 1 aliphatic rings. The summed E-state index contributed by atoms with van der Waals surface area (Å²) in [5.41, 5.74) is 2.48. The second kappa shape index (κ2) is 8.62. The Kier molecular flexibility index (Phi) is 6.01. The number of aryl methyl sites for hydroxylation is 2. The lowest BCUT2D eigenvalue weighted by Gasteiger charge is -2.15. The maximum absolute atomic E-state index is 12.3. The van der Waals surface area contributed by atoms with Crippen molar-refractivity contribution in [3.05, 3.63) is 41.9 Å². The first-order valence-corrected chi connectivity index (χ1v) is 8.93. The summed E-state index contributed by atoms with van der Waals surface area (Å²) in [6.45, 7) is 5.51. The number of carbonyl (C=O) groups excluding carboxylic acids is 1. The highest BCUT2D eigenvalue weighted by atomic mass is 16.5. The third-order valence-electron chi connectivity index (χ3n) is 4.29. The normalized spacial score (nSPS) is 16.3. The topological polar surface area (TPSA) is 88.2 Å². The highest BCUT2D eigenvalue weighted by Crippen LogP contribution is 2.26. The zero-order valence-corrected chi connectivity index (χ0v) is 15.2. The molecule has 1 saturated heterocycles. The van der Waals surface area contributed by atoms with Crippen LogP contribution in [0.5, 0.6) is 5.75 Å². The molecule has 0 spiro atoms. The van der Waals surface area contributed by atoms with Crippen molar-refractivity contribution in [1.82, 2.24) is 15.3 Å². The van der Waals surface area contributed by atoms with Gasteiger partial charge < -0.3 is 15.4 Å². The standard InChI is InChI=1S/C19H25N5O2/c1-13-5-6-17(26-9-7-15-4-3-8-20-15)16(10-13)23-19(25)24-18-12-21-14(2)11-22-18/h5-6,10-12,15,20H,3-4,7-9H2,1-2H3,(H2,22,23,24,25). The number of carbonyl (C=O) groups is 1. The Morgan fingerprint density at radius 2 is 2.15 bits per heavy atom. The maximum atomic E-state index is 12.3. The number of amides is 2. The highest BCUT2D eigenvalue weighted by Gasteiger charge is 2.14. The van der Waals surface area contributed by atoms with Gasteiger partial charge in [0.2, 0.25) is 0 Å². The first-order chi connectivity index (χ1) is 12.6. The van der Waals surface area contributed by atoms with Crippen molar-refractivity contribution in [2.75, 3.05) is 23.8 Å². The SMILES string of the molecule is Cc1ccc(OCCC2CCCN2)c(NC(=O)Nc2cnc(C)cn2)c1. The number of urea groups is 1. The van der Waals surface area contributed by atoms with Crippen molar-refractivity contribution in [2.24, 2.45) is 0 Å². The summed E-state index contributed by atoms with van der Waals surface area (Å²) in [6.07, 6.45) is 6.51. The molecule has 7 heteroatoms. The maximum Gasteiger partial charge on any atom is 0.324 e. The molecule has 1 fully saturated rings. The number of ether oxygens (including phenoxy) is 1. The Balaban J connectivity index is 1.59. The van der Waals surface area contributed by atoms with E-state index in [0.717, 1.165) is 24.2 Å². The van der Waals surface area contributed by atoms with Crippen molar-refractivity contribution in [1.29, 1.82) is 0 Å². The van der Waals surface area contributed by atoms with Crippen LogP contribution < -0.4 is 20.7 Å². The van der Waals surface area contributed by atoms with E-state index in [1.807, 2.05) is 32.0 Å². The highest BCUT2D eigenvalue weighted by molar-refractivity contribution is 6.00. The summed E-state index contributed by atoms with van der Waals surface area (Å²) in [5.74, 6) is 1.06. The number of aromatic nitrogens is 2. The van der Waals surface area contributed by atoms with Crippen molar-refractivity contribution in [3.63, 3.8) is 0 Å². The number of benzene rings is 1. The average Bonchev–Trinajstić information content (AvgIpc) is 3.12. The Hall–Kier alpha value is -2.67. The van der Waals surface area contributed by atoms with E-state index in [-0.39, 0.29) is 6.03 Å². The van der Waals surface area contributed by atoms with Gasteiger partial charge in [0.05, 0.1) is 30.4 Å². The minimum absolute atomic E-state index is 0.379. The van der Waals surface area contributed by atoms with Gasteiger partial charge in [-0.3, -0.25) is 10.3 Å². The molecule has 1 unspecified atom stereocenters. The van der Waals surface area contributed by atoms with Crippen LogP contribution in [-0.4, -0.2) is 35.2 Å². The Morgan fingerprint density at radius 3 is 2.88 bits per heavy atom. The predicted molar refractivity (Wildman–Crippen MR) is 102 cm³/mol. The second-order valence-corrected chi connectivity index (χ2v) is 6.55. The molecule has 0 aliphatic carbocycles. The lowest BCUT2D eigenvalue weighted by atomic mass is 10.2. The molecule has 0 radical (unpaired) electrons. The molecule has 0 saturated carbocycles.